The molecule has 2 unspecified atom stereocenters. The fourth-order valence-corrected chi connectivity index (χ4v) is 1.66. The van der Waals surface area contributed by atoms with Gasteiger partial charge in [0.15, 0.2) is 0 Å². The molecule has 2 atom stereocenters. The molecule has 110 valence electrons. The van der Waals surface area contributed by atoms with Gasteiger partial charge in [-0.15, -0.1) is 0 Å². The maximum atomic E-state index is 11.9. The number of nitrogens with one attached hydrogen (secondary N) is 1. The van der Waals surface area contributed by atoms with Crippen LogP contribution in [-0.2, 0) is 16.0 Å². The second-order valence-electron chi connectivity index (χ2n) is 5.10. The second-order valence-corrected chi connectivity index (χ2v) is 5.10. The van der Waals surface area contributed by atoms with E-state index >= 15 is 0 Å². The molecule has 6 heteroatoms. The number of primary amides is 1. The van der Waals surface area contributed by atoms with Crippen molar-refractivity contribution in [3.63, 3.8) is 0 Å². The van der Waals surface area contributed by atoms with Crippen molar-refractivity contribution in [1.82, 2.24) is 5.32 Å². The lowest BCUT2D eigenvalue weighted by atomic mass is 10.0. The number of carbonyl (C=O) groups excluding carboxylic acids is 2. The molecule has 0 fully saturated rings. The number of hydrogen-bond donors (Lipinski definition) is 4. The van der Waals surface area contributed by atoms with Gasteiger partial charge in [0, 0.05) is 6.42 Å². The average molecular weight is 279 g/mol. The Morgan fingerprint density at radius 2 is 1.80 bits per heavy atom. The number of carbonyl (C=O) groups is 2. The van der Waals surface area contributed by atoms with Gasteiger partial charge in [-0.25, -0.2) is 0 Å². The fraction of sp³-hybridized carbons (Fsp3) is 0.429. The van der Waals surface area contributed by atoms with E-state index in [9.17, 15) is 14.7 Å². The Hall–Kier alpha value is -2.08. The normalized spacial score (nSPS) is 13.8. The lowest BCUT2D eigenvalue weighted by molar-refractivity contribution is -0.128. The number of benzene rings is 1. The van der Waals surface area contributed by atoms with Crippen LogP contribution in [-0.4, -0.2) is 29.0 Å². The van der Waals surface area contributed by atoms with Crippen molar-refractivity contribution in [3.8, 4) is 5.75 Å². The summed E-state index contributed by atoms with van der Waals surface area (Å²) in [5.74, 6) is -0.919. The molecule has 1 aromatic carbocycles. The number of aromatic hydroxyl groups is 1. The first-order valence-corrected chi connectivity index (χ1v) is 6.44. The van der Waals surface area contributed by atoms with E-state index < -0.39 is 23.9 Å². The highest BCUT2D eigenvalue weighted by molar-refractivity contribution is 5.89. The predicted molar refractivity (Wildman–Crippen MR) is 75.7 cm³/mol. The molecule has 0 saturated heterocycles. The molecular weight excluding hydrogens is 258 g/mol. The standard InChI is InChI=1S/C14H21N3O3/c1-8(2)12(15)14(20)17-11(13(16)19)7-9-3-5-10(18)6-4-9/h3-6,8,11-12,18H,7,15H2,1-2H3,(H2,16,19)(H,17,20). The van der Waals surface area contributed by atoms with Crippen LogP contribution in [0.2, 0.25) is 0 Å². The summed E-state index contributed by atoms with van der Waals surface area (Å²) in [5.41, 5.74) is 11.8. The van der Waals surface area contributed by atoms with Crippen molar-refractivity contribution >= 4 is 11.8 Å². The van der Waals surface area contributed by atoms with Gasteiger partial charge >= 0.3 is 0 Å². The smallest absolute Gasteiger partial charge is 0.240 e. The molecule has 0 bridgehead atoms. The van der Waals surface area contributed by atoms with Crippen LogP contribution in [0.4, 0.5) is 0 Å². The Labute approximate surface area is 118 Å². The van der Waals surface area contributed by atoms with E-state index in [1.807, 2.05) is 13.8 Å². The van der Waals surface area contributed by atoms with Crippen LogP contribution in [0.5, 0.6) is 5.75 Å². The summed E-state index contributed by atoms with van der Waals surface area (Å²) in [6.07, 6.45) is 0.256. The van der Waals surface area contributed by atoms with Gasteiger partial charge in [0.05, 0.1) is 6.04 Å². The highest BCUT2D eigenvalue weighted by atomic mass is 16.3. The van der Waals surface area contributed by atoms with Gasteiger partial charge in [-0.1, -0.05) is 26.0 Å². The van der Waals surface area contributed by atoms with Crippen LogP contribution in [0.3, 0.4) is 0 Å². The van der Waals surface area contributed by atoms with Crippen molar-refractivity contribution in [2.75, 3.05) is 0 Å². The van der Waals surface area contributed by atoms with Crippen molar-refractivity contribution in [2.24, 2.45) is 17.4 Å². The molecule has 2 amide bonds. The van der Waals surface area contributed by atoms with Gasteiger partial charge in [-0.2, -0.15) is 0 Å². The van der Waals surface area contributed by atoms with Crippen LogP contribution in [0.15, 0.2) is 24.3 Å². The Morgan fingerprint density at radius 1 is 1.25 bits per heavy atom. The minimum atomic E-state index is -0.822. The number of phenolic OH excluding ortho intramolecular Hbond substituents is 1. The molecule has 0 heterocycles. The summed E-state index contributed by atoms with van der Waals surface area (Å²) >= 11 is 0. The van der Waals surface area contributed by atoms with Gasteiger partial charge in [0.25, 0.3) is 0 Å². The van der Waals surface area contributed by atoms with Crippen LogP contribution in [0.25, 0.3) is 0 Å². The molecule has 0 aliphatic carbocycles. The first-order chi connectivity index (χ1) is 9.31. The molecule has 20 heavy (non-hydrogen) atoms. The molecule has 0 aliphatic rings. The molecule has 0 saturated carbocycles. The number of phenols is 1. The maximum absolute atomic E-state index is 11.9. The minimum Gasteiger partial charge on any atom is -0.508 e. The van der Waals surface area contributed by atoms with Gasteiger partial charge in [-0.05, 0) is 23.6 Å². The minimum absolute atomic E-state index is 0.0304. The summed E-state index contributed by atoms with van der Waals surface area (Å²) in [6.45, 7) is 3.65. The summed E-state index contributed by atoms with van der Waals surface area (Å²) in [6, 6.07) is 4.84. The average Bonchev–Trinajstić information content (AvgIpc) is 2.39. The second kappa shape index (κ2) is 6.91. The molecule has 0 aliphatic heterocycles. The van der Waals surface area contributed by atoms with E-state index in [2.05, 4.69) is 5.32 Å². The quantitative estimate of drug-likeness (QED) is 0.581. The van der Waals surface area contributed by atoms with E-state index in [1.54, 1.807) is 12.1 Å². The first kappa shape index (κ1) is 16.0. The van der Waals surface area contributed by atoms with E-state index in [0.717, 1.165) is 5.56 Å². The summed E-state index contributed by atoms with van der Waals surface area (Å²) in [5, 5.41) is 11.8. The van der Waals surface area contributed by atoms with Gasteiger partial charge in [0.1, 0.15) is 11.8 Å². The lowest BCUT2D eigenvalue weighted by Gasteiger charge is -2.20. The molecule has 6 nitrogen and oxygen atoms in total. The fourth-order valence-electron chi connectivity index (χ4n) is 1.66. The van der Waals surface area contributed by atoms with E-state index in [-0.39, 0.29) is 18.1 Å². The van der Waals surface area contributed by atoms with Gasteiger partial charge < -0.3 is 21.9 Å². The first-order valence-electron chi connectivity index (χ1n) is 6.44. The zero-order valence-corrected chi connectivity index (χ0v) is 11.7. The maximum Gasteiger partial charge on any atom is 0.240 e. The third-order valence-corrected chi connectivity index (χ3v) is 3.06. The third-order valence-electron chi connectivity index (χ3n) is 3.06. The molecule has 1 aromatic rings. The summed E-state index contributed by atoms with van der Waals surface area (Å²) in [4.78, 5) is 23.3. The largest absolute Gasteiger partial charge is 0.508 e. The number of nitrogens with two attached hydrogens (primary N) is 2. The summed E-state index contributed by atoms with van der Waals surface area (Å²) < 4.78 is 0. The van der Waals surface area contributed by atoms with Crippen LogP contribution in [0.1, 0.15) is 19.4 Å². The Bertz CT molecular complexity index is 471. The van der Waals surface area contributed by atoms with Gasteiger partial charge in [0.2, 0.25) is 11.8 Å². The van der Waals surface area contributed by atoms with Crippen molar-refractivity contribution < 1.29 is 14.7 Å². The molecule has 0 aromatic heterocycles. The molecular formula is C14H21N3O3. The lowest BCUT2D eigenvalue weighted by Crippen LogP contribution is -2.52. The zero-order valence-electron chi connectivity index (χ0n) is 11.7. The highest BCUT2D eigenvalue weighted by Gasteiger charge is 2.23. The predicted octanol–water partition coefficient (Wildman–Crippen LogP) is -0.112. The van der Waals surface area contributed by atoms with E-state index in [0.29, 0.717) is 0 Å². The molecule has 0 radical (unpaired) electrons. The van der Waals surface area contributed by atoms with E-state index in [4.69, 9.17) is 11.5 Å². The summed E-state index contributed by atoms with van der Waals surface area (Å²) in [7, 11) is 0. The number of amides is 2. The van der Waals surface area contributed by atoms with Crippen LogP contribution < -0.4 is 16.8 Å². The zero-order chi connectivity index (χ0) is 15.3. The Kier molecular flexibility index (Phi) is 5.52. The monoisotopic (exact) mass is 279 g/mol. The number of rotatable bonds is 6. The molecule has 0 spiro atoms. The number of hydrogen-bond acceptors (Lipinski definition) is 4. The highest BCUT2D eigenvalue weighted by Crippen LogP contribution is 2.11. The Morgan fingerprint density at radius 3 is 2.25 bits per heavy atom. The Balaban J connectivity index is 2.72. The third kappa shape index (κ3) is 4.55. The van der Waals surface area contributed by atoms with Crippen LogP contribution >= 0.6 is 0 Å². The molecule has 6 N–H and O–H groups in total. The topological polar surface area (TPSA) is 118 Å². The van der Waals surface area contributed by atoms with Crippen LogP contribution in [0, 0.1) is 5.92 Å². The van der Waals surface area contributed by atoms with Crippen molar-refractivity contribution in [2.45, 2.75) is 32.4 Å². The van der Waals surface area contributed by atoms with E-state index in [1.165, 1.54) is 12.1 Å². The van der Waals surface area contributed by atoms with Crippen molar-refractivity contribution in [1.29, 1.82) is 0 Å². The molecule has 1 rings (SSSR count). The van der Waals surface area contributed by atoms with Gasteiger partial charge in [-0.3, -0.25) is 9.59 Å². The van der Waals surface area contributed by atoms with Crippen molar-refractivity contribution in [3.05, 3.63) is 29.8 Å². The SMILES string of the molecule is CC(C)C(N)C(=O)NC(Cc1ccc(O)cc1)C(N)=O.